The number of esters is 1. The van der Waals surface area contributed by atoms with Gasteiger partial charge in [-0.25, -0.2) is 4.79 Å². The zero-order valence-corrected chi connectivity index (χ0v) is 13.3. The summed E-state index contributed by atoms with van der Waals surface area (Å²) in [5.41, 5.74) is 1.00. The van der Waals surface area contributed by atoms with Crippen molar-refractivity contribution in [2.24, 2.45) is 0 Å². The summed E-state index contributed by atoms with van der Waals surface area (Å²) in [5.74, 6) is -0.310. The highest BCUT2D eigenvalue weighted by Crippen LogP contribution is 2.10. The van der Waals surface area contributed by atoms with Gasteiger partial charge in [0, 0.05) is 12.5 Å². The molecule has 0 amide bonds. The van der Waals surface area contributed by atoms with Gasteiger partial charge in [0.1, 0.15) is 6.10 Å². The summed E-state index contributed by atoms with van der Waals surface area (Å²) in [6.45, 7) is 1.96. The maximum absolute atomic E-state index is 11.1. The third kappa shape index (κ3) is 9.45. The number of carbonyl (C=O) groups is 1. The van der Waals surface area contributed by atoms with E-state index in [2.05, 4.69) is 0 Å². The zero-order valence-electron chi connectivity index (χ0n) is 13.3. The van der Waals surface area contributed by atoms with E-state index < -0.39 is 6.10 Å². The van der Waals surface area contributed by atoms with Crippen molar-refractivity contribution >= 4 is 5.97 Å². The molecule has 0 unspecified atom stereocenters. The Bertz CT molecular complexity index is 536. The minimum Gasteiger partial charge on any atom is -0.455 e. The molecule has 0 aromatic carbocycles. The molecule has 0 radical (unpaired) electrons. The molecule has 0 bridgehead atoms. The van der Waals surface area contributed by atoms with Gasteiger partial charge in [-0.2, -0.15) is 0 Å². The predicted octanol–water partition coefficient (Wildman–Crippen LogP) is 2.77. The first-order valence-electron chi connectivity index (χ1n) is 7.63. The molecule has 2 N–H and O–H groups in total. The SMILES string of the molecule is CC(/C=C/[C@H]1CC=CC(=O)O1)=C\C[C@@H](O)\C=C/C=C\C=C\CO. The van der Waals surface area contributed by atoms with E-state index in [1.165, 1.54) is 6.08 Å². The van der Waals surface area contributed by atoms with Gasteiger partial charge >= 0.3 is 5.97 Å². The summed E-state index contributed by atoms with van der Waals surface area (Å²) >= 11 is 0. The van der Waals surface area contributed by atoms with Crippen LogP contribution in [0.5, 0.6) is 0 Å². The Hall–Kier alpha value is -2.17. The predicted molar refractivity (Wildman–Crippen MR) is 91.7 cm³/mol. The van der Waals surface area contributed by atoms with Crippen LogP contribution in [0.2, 0.25) is 0 Å². The number of hydrogen-bond donors (Lipinski definition) is 2. The lowest BCUT2D eigenvalue weighted by Crippen LogP contribution is -2.17. The zero-order chi connectivity index (χ0) is 16.9. The molecule has 4 heteroatoms. The van der Waals surface area contributed by atoms with Crippen molar-refractivity contribution in [3.63, 3.8) is 0 Å². The maximum Gasteiger partial charge on any atom is 0.331 e. The number of hydrogen-bond acceptors (Lipinski definition) is 4. The highest BCUT2D eigenvalue weighted by Gasteiger charge is 2.11. The van der Waals surface area contributed by atoms with Crippen LogP contribution in [0, 0.1) is 0 Å². The number of allylic oxidation sites excluding steroid dienone is 6. The van der Waals surface area contributed by atoms with Crippen molar-refractivity contribution in [3.8, 4) is 0 Å². The summed E-state index contributed by atoms with van der Waals surface area (Å²) in [6, 6.07) is 0. The summed E-state index contributed by atoms with van der Waals surface area (Å²) < 4.78 is 5.13. The summed E-state index contributed by atoms with van der Waals surface area (Å²) in [7, 11) is 0. The molecule has 1 rings (SSSR count). The number of carbonyl (C=O) groups excluding carboxylic acids is 1. The average molecular weight is 316 g/mol. The van der Waals surface area contributed by atoms with Crippen molar-refractivity contribution in [3.05, 3.63) is 72.4 Å². The molecule has 0 aromatic heterocycles. The van der Waals surface area contributed by atoms with Gasteiger partial charge in [-0.15, -0.1) is 0 Å². The molecule has 1 aliphatic rings. The van der Waals surface area contributed by atoms with E-state index >= 15 is 0 Å². The van der Waals surface area contributed by atoms with Gasteiger partial charge in [0.05, 0.1) is 12.7 Å². The Labute approximate surface area is 137 Å². The van der Waals surface area contributed by atoms with Crippen LogP contribution in [0.4, 0.5) is 0 Å². The molecule has 1 aliphatic heterocycles. The van der Waals surface area contributed by atoms with Crippen LogP contribution in [-0.4, -0.2) is 35.0 Å². The van der Waals surface area contributed by atoms with Crippen LogP contribution in [-0.2, 0) is 9.53 Å². The van der Waals surface area contributed by atoms with Gasteiger partial charge in [-0.1, -0.05) is 60.3 Å². The van der Waals surface area contributed by atoms with Gasteiger partial charge < -0.3 is 14.9 Å². The standard InChI is InChI=1S/C19H24O4/c1-16(12-14-18-9-7-10-19(22)23-18)11-13-17(21)8-5-3-2-4-6-15-20/h2-8,10-12,14,17-18,20-21H,9,13,15H2,1H3/b3-2-,6-4+,8-5-,14-12+,16-11+/t17-,18+/m0/s1. The Balaban J connectivity index is 2.36. The van der Waals surface area contributed by atoms with E-state index in [0.717, 1.165) is 5.57 Å². The maximum atomic E-state index is 11.1. The normalized spacial score (nSPS) is 21.1. The fourth-order valence-electron chi connectivity index (χ4n) is 1.83. The van der Waals surface area contributed by atoms with E-state index in [0.29, 0.717) is 12.8 Å². The quantitative estimate of drug-likeness (QED) is 0.534. The Kier molecular flexibility index (Phi) is 9.36. The lowest BCUT2D eigenvalue weighted by Gasteiger charge is -2.14. The van der Waals surface area contributed by atoms with Gasteiger partial charge in [0.15, 0.2) is 0 Å². The summed E-state index contributed by atoms with van der Waals surface area (Å²) in [4.78, 5) is 11.1. The molecule has 4 nitrogen and oxygen atoms in total. The number of aliphatic hydroxyl groups is 2. The second-order valence-corrected chi connectivity index (χ2v) is 5.10. The van der Waals surface area contributed by atoms with Gasteiger partial charge in [-0.05, 0) is 19.4 Å². The van der Waals surface area contributed by atoms with Crippen LogP contribution in [0.15, 0.2) is 72.4 Å². The molecule has 2 atom stereocenters. The number of rotatable bonds is 8. The molecule has 0 fully saturated rings. The molecule has 0 saturated heterocycles. The first-order valence-corrected chi connectivity index (χ1v) is 7.63. The highest BCUT2D eigenvalue weighted by molar-refractivity contribution is 5.82. The van der Waals surface area contributed by atoms with Crippen LogP contribution in [0.3, 0.4) is 0 Å². The monoisotopic (exact) mass is 316 g/mol. The first-order chi connectivity index (χ1) is 11.1. The van der Waals surface area contributed by atoms with Crippen LogP contribution in [0.1, 0.15) is 19.8 Å². The fourth-order valence-corrected chi connectivity index (χ4v) is 1.83. The van der Waals surface area contributed by atoms with Gasteiger partial charge in [-0.3, -0.25) is 0 Å². The van der Waals surface area contributed by atoms with E-state index in [1.54, 1.807) is 42.5 Å². The van der Waals surface area contributed by atoms with Crippen LogP contribution >= 0.6 is 0 Å². The third-order valence-electron chi connectivity index (χ3n) is 3.05. The topological polar surface area (TPSA) is 66.8 Å². The molecule has 23 heavy (non-hydrogen) atoms. The van der Waals surface area contributed by atoms with Crippen LogP contribution < -0.4 is 0 Å². The molecule has 0 aliphatic carbocycles. The number of aliphatic hydroxyl groups excluding tert-OH is 2. The number of cyclic esters (lactones) is 1. The third-order valence-corrected chi connectivity index (χ3v) is 3.05. The fraction of sp³-hybridized carbons (Fsp3) is 0.316. The van der Waals surface area contributed by atoms with E-state index in [4.69, 9.17) is 9.84 Å². The molecule has 0 aromatic rings. The second-order valence-electron chi connectivity index (χ2n) is 5.10. The molecule has 1 heterocycles. The van der Waals surface area contributed by atoms with Crippen molar-refractivity contribution < 1.29 is 19.7 Å². The largest absolute Gasteiger partial charge is 0.455 e. The Morgan fingerprint density at radius 1 is 1.39 bits per heavy atom. The molecule has 124 valence electrons. The summed E-state index contributed by atoms with van der Waals surface area (Å²) in [6.07, 6.45) is 19.7. The number of ether oxygens (including phenoxy) is 1. The first kappa shape index (κ1) is 18.9. The Morgan fingerprint density at radius 3 is 2.91 bits per heavy atom. The van der Waals surface area contributed by atoms with Crippen LogP contribution in [0.25, 0.3) is 0 Å². The molecule has 0 saturated carbocycles. The smallest absolute Gasteiger partial charge is 0.331 e. The van der Waals surface area contributed by atoms with Crippen molar-refractivity contribution in [2.45, 2.75) is 32.0 Å². The van der Waals surface area contributed by atoms with E-state index in [-0.39, 0.29) is 18.7 Å². The van der Waals surface area contributed by atoms with Gasteiger partial charge in [0.25, 0.3) is 0 Å². The minimum absolute atomic E-state index is 0.0185. The molecule has 0 spiro atoms. The van der Waals surface area contributed by atoms with Crippen molar-refractivity contribution in [1.29, 1.82) is 0 Å². The van der Waals surface area contributed by atoms with Gasteiger partial charge in [0.2, 0.25) is 0 Å². The lowest BCUT2D eigenvalue weighted by atomic mass is 10.1. The minimum atomic E-state index is -0.555. The molecular weight excluding hydrogens is 292 g/mol. The summed E-state index contributed by atoms with van der Waals surface area (Å²) in [5, 5.41) is 18.4. The van der Waals surface area contributed by atoms with Crippen molar-refractivity contribution in [1.82, 2.24) is 0 Å². The second kappa shape index (κ2) is 11.4. The Morgan fingerprint density at radius 2 is 2.17 bits per heavy atom. The average Bonchev–Trinajstić information content (AvgIpc) is 2.54. The highest BCUT2D eigenvalue weighted by atomic mass is 16.5. The lowest BCUT2D eigenvalue weighted by molar-refractivity contribution is -0.141. The molecular formula is C19H24O4. The van der Waals surface area contributed by atoms with E-state index in [1.807, 2.05) is 25.2 Å². The van der Waals surface area contributed by atoms with E-state index in [9.17, 15) is 9.90 Å². The van der Waals surface area contributed by atoms with Crippen molar-refractivity contribution in [2.75, 3.05) is 6.61 Å².